The summed E-state index contributed by atoms with van der Waals surface area (Å²) in [4.78, 5) is 6.25. The Kier molecular flexibility index (Phi) is 5.05. The van der Waals surface area contributed by atoms with E-state index in [0.717, 1.165) is 36.7 Å². The number of benzene rings is 1. The van der Waals surface area contributed by atoms with Crippen LogP contribution in [0.1, 0.15) is 17.6 Å². The van der Waals surface area contributed by atoms with E-state index in [-0.39, 0.29) is 16.9 Å². The molecule has 0 aliphatic carbocycles. The SMILES string of the molecule is Cc1ccc(C(CNc2ccnc3c(F)ccc(F)c23)N2CCOCC2)o1. The molecule has 3 heterocycles. The van der Waals surface area contributed by atoms with Gasteiger partial charge in [-0.25, -0.2) is 8.78 Å². The number of nitrogens with one attached hydrogen (secondary N) is 1. The van der Waals surface area contributed by atoms with Gasteiger partial charge in [-0.05, 0) is 37.3 Å². The number of ether oxygens (including phenoxy) is 1. The Morgan fingerprint density at radius 3 is 2.63 bits per heavy atom. The Morgan fingerprint density at radius 2 is 1.89 bits per heavy atom. The van der Waals surface area contributed by atoms with Crippen LogP contribution in [0.25, 0.3) is 10.9 Å². The molecule has 0 spiro atoms. The number of aryl methyl sites for hydroxylation is 1. The highest BCUT2D eigenvalue weighted by Gasteiger charge is 2.25. The fourth-order valence-electron chi connectivity index (χ4n) is 3.48. The van der Waals surface area contributed by atoms with E-state index < -0.39 is 11.6 Å². The minimum absolute atomic E-state index is 0.0248. The number of hydrogen-bond acceptors (Lipinski definition) is 5. The molecule has 1 aromatic carbocycles. The monoisotopic (exact) mass is 373 g/mol. The first kappa shape index (κ1) is 17.9. The molecular formula is C20H21F2N3O2. The van der Waals surface area contributed by atoms with Gasteiger partial charge in [0.2, 0.25) is 0 Å². The molecule has 0 saturated carbocycles. The number of halogens is 2. The van der Waals surface area contributed by atoms with Crippen LogP contribution in [0.15, 0.2) is 40.9 Å². The third-order valence-electron chi connectivity index (χ3n) is 4.85. The molecule has 1 aliphatic rings. The molecule has 7 heteroatoms. The summed E-state index contributed by atoms with van der Waals surface area (Å²) < 4.78 is 39.6. The van der Waals surface area contributed by atoms with Crippen LogP contribution in [-0.2, 0) is 4.74 Å². The molecule has 1 atom stereocenters. The van der Waals surface area contributed by atoms with Gasteiger partial charge in [0.15, 0.2) is 0 Å². The molecule has 3 aromatic rings. The van der Waals surface area contributed by atoms with E-state index in [4.69, 9.17) is 9.15 Å². The smallest absolute Gasteiger partial charge is 0.149 e. The van der Waals surface area contributed by atoms with Crippen molar-refractivity contribution in [2.75, 3.05) is 38.2 Å². The summed E-state index contributed by atoms with van der Waals surface area (Å²) in [7, 11) is 0. The molecule has 1 unspecified atom stereocenters. The summed E-state index contributed by atoms with van der Waals surface area (Å²) >= 11 is 0. The second-order valence-electron chi connectivity index (χ2n) is 6.60. The van der Waals surface area contributed by atoms with Crippen molar-refractivity contribution < 1.29 is 17.9 Å². The van der Waals surface area contributed by atoms with Crippen molar-refractivity contribution in [2.24, 2.45) is 0 Å². The number of nitrogens with zero attached hydrogens (tertiary/aromatic N) is 2. The van der Waals surface area contributed by atoms with E-state index in [1.807, 2.05) is 19.1 Å². The minimum Gasteiger partial charge on any atom is -0.465 e. The van der Waals surface area contributed by atoms with Gasteiger partial charge < -0.3 is 14.5 Å². The van der Waals surface area contributed by atoms with Crippen LogP contribution in [0.3, 0.4) is 0 Å². The minimum atomic E-state index is -0.540. The van der Waals surface area contributed by atoms with Gasteiger partial charge in [-0.2, -0.15) is 0 Å². The maximum Gasteiger partial charge on any atom is 0.149 e. The van der Waals surface area contributed by atoms with Gasteiger partial charge in [0.25, 0.3) is 0 Å². The van der Waals surface area contributed by atoms with Crippen LogP contribution in [0, 0.1) is 18.6 Å². The Morgan fingerprint density at radius 1 is 1.11 bits per heavy atom. The van der Waals surface area contributed by atoms with Crippen molar-refractivity contribution in [2.45, 2.75) is 13.0 Å². The average molecular weight is 373 g/mol. The first-order chi connectivity index (χ1) is 13.1. The lowest BCUT2D eigenvalue weighted by molar-refractivity contribution is 0.0143. The van der Waals surface area contributed by atoms with Gasteiger partial charge in [0.1, 0.15) is 28.7 Å². The Bertz CT molecular complexity index is 938. The van der Waals surface area contributed by atoms with Gasteiger partial charge in [0.05, 0.1) is 24.6 Å². The van der Waals surface area contributed by atoms with Crippen LogP contribution >= 0.6 is 0 Å². The third-order valence-corrected chi connectivity index (χ3v) is 4.85. The lowest BCUT2D eigenvalue weighted by Gasteiger charge is -2.33. The number of fused-ring (bicyclic) bond motifs is 1. The second-order valence-corrected chi connectivity index (χ2v) is 6.60. The average Bonchev–Trinajstić information content (AvgIpc) is 3.12. The quantitative estimate of drug-likeness (QED) is 0.735. The number of aromatic nitrogens is 1. The number of anilines is 1. The van der Waals surface area contributed by atoms with Crippen molar-refractivity contribution in [1.29, 1.82) is 0 Å². The van der Waals surface area contributed by atoms with Gasteiger partial charge in [0, 0.05) is 31.5 Å². The van der Waals surface area contributed by atoms with Crippen LogP contribution in [0.4, 0.5) is 14.5 Å². The van der Waals surface area contributed by atoms with Crippen molar-refractivity contribution in [3.8, 4) is 0 Å². The van der Waals surface area contributed by atoms with Crippen LogP contribution < -0.4 is 5.32 Å². The van der Waals surface area contributed by atoms with Gasteiger partial charge in [-0.1, -0.05) is 0 Å². The van der Waals surface area contributed by atoms with Gasteiger partial charge >= 0.3 is 0 Å². The molecule has 0 bridgehead atoms. The number of hydrogen-bond donors (Lipinski definition) is 1. The molecule has 1 N–H and O–H groups in total. The van der Waals surface area contributed by atoms with E-state index in [1.54, 1.807) is 6.07 Å². The zero-order chi connectivity index (χ0) is 18.8. The van der Waals surface area contributed by atoms with Crippen LogP contribution in [-0.4, -0.2) is 42.7 Å². The summed E-state index contributed by atoms with van der Waals surface area (Å²) in [5.74, 6) is 0.637. The molecule has 0 radical (unpaired) electrons. The Balaban J connectivity index is 1.63. The summed E-state index contributed by atoms with van der Waals surface area (Å²) in [6.07, 6.45) is 1.48. The van der Waals surface area contributed by atoms with Crippen molar-refractivity contribution >= 4 is 16.6 Å². The highest BCUT2D eigenvalue weighted by atomic mass is 19.1. The summed E-state index contributed by atoms with van der Waals surface area (Å²) in [6, 6.07) is 7.73. The van der Waals surface area contributed by atoms with Crippen molar-refractivity contribution in [1.82, 2.24) is 9.88 Å². The fraction of sp³-hybridized carbons (Fsp3) is 0.350. The van der Waals surface area contributed by atoms with Crippen molar-refractivity contribution in [3.05, 3.63) is 59.7 Å². The molecule has 4 rings (SSSR count). The first-order valence-corrected chi connectivity index (χ1v) is 8.98. The maximum atomic E-state index is 14.3. The number of rotatable bonds is 5. The van der Waals surface area contributed by atoms with Crippen molar-refractivity contribution in [3.63, 3.8) is 0 Å². The lowest BCUT2D eigenvalue weighted by Crippen LogP contribution is -2.41. The number of furan rings is 1. The predicted molar refractivity (Wildman–Crippen MR) is 98.7 cm³/mol. The second kappa shape index (κ2) is 7.62. The third kappa shape index (κ3) is 3.65. The highest BCUT2D eigenvalue weighted by Crippen LogP contribution is 2.29. The molecule has 1 aliphatic heterocycles. The van der Waals surface area contributed by atoms with Crippen LogP contribution in [0.2, 0.25) is 0 Å². The first-order valence-electron chi connectivity index (χ1n) is 8.98. The Hall–Kier alpha value is -2.51. The lowest BCUT2D eigenvalue weighted by atomic mass is 10.1. The standard InChI is InChI=1S/C20H21F2N3O2/c1-13-2-5-18(27-13)17(25-8-10-26-11-9-25)12-24-16-6-7-23-20-15(22)4-3-14(21)19(16)20/h2-7,17H,8-12H2,1H3,(H,23,24). The predicted octanol–water partition coefficient (Wildman–Crippen LogP) is 3.90. The molecular weight excluding hydrogens is 352 g/mol. The van der Waals surface area contributed by atoms with Gasteiger partial charge in [-0.15, -0.1) is 0 Å². The van der Waals surface area contributed by atoms with E-state index in [1.165, 1.54) is 6.20 Å². The van der Waals surface area contributed by atoms with E-state index >= 15 is 0 Å². The molecule has 5 nitrogen and oxygen atoms in total. The van der Waals surface area contributed by atoms with E-state index in [2.05, 4.69) is 15.2 Å². The van der Waals surface area contributed by atoms with E-state index in [9.17, 15) is 8.78 Å². The number of pyridine rings is 1. The topological polar surface area (TPSA) is 50.5 Å². The number of morpholine rings is 1. The summed E-state index contributed by atoms with van der Waals surface area (Å²) in [6.45, 7) is 5.28. The normalized spacial score (nSPS) is 16.6. The molecule has 0 amide bonds. The Labute approximate surface area is 155 Å². The maximum absolute atomic E-state index is 14.3. The molecule has 1 saturated heterocycles. The zero-order valence-electron chi connectivity index (χ0n) is 15.0. The summed E-state index contributed by atoms with van der Waals surface area (Å²) in [5, 5.41) is 3.43. The van der Waals surface area contributed by atoms with Gasteiger partial charge in [-0.3, -0.25) is 9.88 Å². The zero-order valence-corrected chi connectivity index (χ0v) is 15.0. The molecule has 27 heavy (non-hydrogen) atoms. The fourth-order valence-corrected chi connectivity index (χ4v) is 3.48. The molecule has 1 fully saturated rings. The molecule has 2 aromatic heterocycles. The molecule has 142 valence electrons. The summed E-state index contributed by atoms with van der Waals surface area (Å²) in [5.41, 5.74) is 0.537. The van der Waals surface area contributed by atoms with E-state index in [0.29, 0.717) is 25.4 Å². The highest BCUT2D eigenvalue weighted by molar-refractivity contribution is 5.91. The van der Waals surface area contributed by atoms with Crippen LogP contribution in [0.5, 0.6) is 0 Å². The largest absolute Gasteiger partial charge is 0.465 e.